The van der Waals surface area contributed by atoms with Crippen LogP contribution in [0.5, 0.6) is 0 Å². The van der Waals surface area contributed by atoms with E-state index in [0.29, 0.717) is 55.4 Å². The predicted octanol–water partition coefficient (Wildman–Crippen LogP) is 5.30. The normalized spacial score (nSPS) is 39.9. The van der Waals surface area contributed by atoms with Gasteiger partial charge in [0.25, 0.3) is 0 Å². The minimum atomic E-state index is -2.67. The van der Waals surface area contributed by atoms with Crippen molar-refractivity contribution in [1.29, 1.82) is 0 Å². The van der Waals surface area contributed by atoms with Crippen LogP contribution in [0, 0.1) is 23.2 Å². The van der Waals surface area contributed by atoms with E-state index < -0.39 is 18.8 Å². The van der Waals surface area contributed by atoms with Crippen LogP contribution < -0.4 is 0 Å². The summed E-state index contributed by atoms with van der Waals surface area (Å²) in [6, 6.07) is 0. The molecule has 0 aromatic heterocycles. The lowest BCUT2D eigenvalue weighted by Crippen LogP contribution is -2.37. The van der Waals surface area contributed by atoms with E-state index in [1.54, 1.807) is 5.57 Å². The minimum absolute atomic E-state index is 0.319. The van der Waals surface area contributed by atoms with Crippen molar-refractivity contribution >= 4 is 0 Å². The van der Waals surface area contributed by atoms with E-state index in [2.05, 4.69) is 30.9 Å². The fraction of sp³-hybridized carbons (Fsp3) is 0.852. The molecule has 0 unspecified atom stereocenters. The third-order valence-electron chi connectivity index (χ3n) is 9.22. The van der Waals surface area contributed by atoms with Crippen molar-refractivity contribution in [3.8, 4) is 0 Å². The van der Waals surface area contributed by atoms with Gasteiger partial charge in [0.2, 0.25) is 0 Å². The summed E-state index contributed by atoms with van der Waals surface area (Å²) in [5.41, 5.74) is 3.07. The zero-order valence-corrected chi connectivity index (χ0v) is 20.4. The minimum Gasteiger partial charge on any atom is -0.393 e. The molecule has 4 aliphatic rings. The lowest BCUT2D eigenvalue weighted by Gasteiger charge is -2.44. The molecule has 7 atom stereocenters. The highest BCUT2D eigenvalue weighted by atomic mass is 19.3. The average molecular weight is 468 g/mol. The monoisotopic (exact) mass is 467 g/mol. The van der Waals surface area contributed by atoms with Crippen molar-refractivity contribution < 1.29 is 23.7 Å². The Morgan fingerprint density at radius 3 is 2.64 bits per heavy atom. The summed E-state index contributed by atoms with van der Waals surface area (Å²) >= 11 is 0. The number of halogens is 2. The Kier molecular flexibility index (Phi) is 8.31. The number of alkyl halides is 2. The molecule has 1 aliphatic heterocycles. The van der Waals surface area contributed by atoms with Gasteiger partial charge >= 0.3 is 6.61 Å². The quantitative estimate of drug-likeness (QED) is 0.533. The third kappa shape index (κ3) is 6.06. The molecule has 0 aromatic carbocycles. The van der Waals surface area contributed by atoms with E-state index in [9.17, 15) is 19.0 Å². The number of aliphatic hydroxyl groups excluding tert-OH is 2. The molecule has 1 saturated heterocycles. The fourth-order valence-corrected chi connectivity index (χ4v) is 7.59. The predicted molar refractivity (Wildman–Crippen MR) is 126 cm³/mol. The average Bonchev–Trinajstić information content (AvgIpc) is 3.33. The van der Waals surface area contributed by atoms with Crippen molar-refractivity contribution in [3.05, 3.63) is 23.3 Å². The zero-order valence-electron chi connectivity index (χ0n) is 20.4. The standard InChI is InChI=1S/C27H43F2NO3/c1-18(9-12-30-13-10-23(17-30)33-26(28)29)24-7-8-25-20(4-3-11-27(24,25)2)6-5-19-14-21(31)16-22(32)15-19/h5-6,18,21-26,31-32H,3-4,7-17H2,1-2H3/b20-6+/t18-,21-,22-,23+,24-,25+,27-/m1/s1. The number of hydrogen-bond acceptors (Lipinski definition) is 4. The van der Waals surface area contributed by atoms with Crippen molar-refractivity contribution in [2.45, 2.75) is 103 Å². The Morgan fingerprint density at radius 1 is 1.15 bits per heavy atom. The summed E-state index contributed by atoms with van der Waals surface area (Å²) in [6.45, 7) is 4.70. The Hall–Kier alpha value is -0.820. The van der Waals surface area contributed by atoms with E-state index in [1.807, 2.05) is 0 Å². The Morgan fingerprint density at radius 2 is 1.91 bits per heavy atom. The van der Waals surface area contributed by atoms with Gasteiger partial charge < -0.3 is 19.8 Å². The van der Waals surface area contributed by atoms with E-state index in [0.717, 1.165) is 25.9 Å². The molecule has 2 N–H and O–H groups in total. The smallest absolute Gasteiger partial charge is 0.345 e. The summed E-state index contributed by atoms with van der Waals surface area (Å²) < 4.78 is 29.7. The van der Waals surface area contributed by atoms with Gasteiger partial charge in [-0.05, 0) is 93.9 Å². The maximum absolute atomic E-state index is 12.5. The molecular weight excluding hydrogens is 424 g/mol. The van der Waals surface area contributed by atoms with Gasteiger partial charge in [-0.1, -0.05) is 37.1 Å². The molecule has 0 radical (unpaired) electrons. The zero-order chi connectivity index (χ0) is 23.6. The number of nitrogens with zero attached hydrogens (tertiary/aromatic N) is 1. The van der Waals surface area contributed by atoms with E-state index in [1.165, 1.54) is 31.3 Å². The highest BCUT2D eigenvalue weighted by Gasteiger charge is 2.50. The van der Waals surface area contributed by atoms with Gasteiger partial charge in [0.15, 0.2) is 0 Å². The molecule has 6 heteroatoms. The summed E-state index contributed by atoms with van der Waals surface area (Å²) in [6.07, 6.45) is 13.2. The number of aliphatic hydroxyl groups is 2. The number of rotatable bonds is 7. The van der Waals surface area contributed by atoms with Crippen molar-refractivity contribution in [2.75, 3.05) is 19.6 Å². The lowest BCUT2D eigenvalue weighted by atomic mass is 9.61. The van der Waals surface area contributed by atoms with Gasteiger partial charge in [-0.15, -0.1) is 0 Å². The van der Waals surface area contributed by atoms with Gasteiger partial charge in [0.1, 0.15) is 0 Å². The Balaban J connectivity index is 1.34. The first-order valence-corrected chi connectivity index (χ1v) is 13.1. The van der Waals surface area contributed by atoms with Gasteiger partial charge in [-0.25, -0.2) is 0 Å². The molecule has 3 aliphatic carbocycles. The first-order chi connectivity index (χ1) is 15.7. The van der Waals surface area contributed by atoms with Crippen LogP contribution in [-0.2, 0) is 4.74 Å². The molecule has 0 bridgehead atoms. The second-order valence-corrected chi connectivity index (χ2v) is 11.5. The van der Waals surface area contributed by atoms with E-state index in [4.69, 9.17) is 4.74 Å². The lowest BCUT2D eigenvalue weighted by molar-refractivity contribution is -0.158. The van der Waals surface area contributed by atoms with E-state index in [-0.39, 0.29) is 6.10 Å². The van der Waals surface area contributed by atoms with Gasteiger partial charge in [-0.2, -0.15) is 8.78 Å². The highest BCUT2D eigenvalue weighted by molar-refractivity contribution is 5.26. The molecule has 188 valence electrons. The van der Waals surface area contributed by atoms with Gasteiger partial charge in [0.05, 0.1) is 18.3 Å². The number of likely N-dealkylation sites (tertiary alicyclic amines) is 1. The molecular formula is C27H43F2NO3. The van der Waals surface area contributed by atoms with Gasteiger partial charge in [0, 0.05) is 13.1 Å². The SMILES string of the molecule is C[C@H](CCN1CC[C@H](OC(F)F)C1)[C@H]1CC[C@H]2/C(=C/C=C3C[C@@H](O)C[C@H](O)C3)CCC[C@]12C. The van der Waals surface area contributed by atoms with Crippen LogP contribution in [0.3, 0.4) is 0 Å². The summed E-state index contributed by atoms with van der Waals surface area (Å²) in [4.78, 5) is 2.30. The maximum atomic E-state index is 12.5. The van der Waals surface area contributed by atoms with Crippen molar-refractivity contribution in [2.24, 2.45) is 23.2 Å². The second-order valence-electron chi connectivity index (χ2n) is 11.5. The third-order valence-corrected chi connectivity index (χ3v) is 9.22. The fourth-order valence-electron chi connectivity index (χ4n) is 7.59. The van der Waals surface area contributed by atoms with Crippen LogP contribution in [-0.4, -0.2) is 59.7 Å². The Bertz CT molecular complexity index is 714. The first kappa shape index (κ1) is 25.3. The molecule has 0 aromatic rings. The molecule has 1 heterocycles. The molecule has 33 heavy (non-hydrogen) atoms. The van der Waals surface area contributed by atoms with Crippen LogP contribution in [0.1, 0.15) is 78.1 Å². The van der Waals surface area contributed by atoms with Crippen LogP contribution in [0.2, 0.25) is 0 Å². The topological polar surface area (TPSA) is 52.9 Å². The second kappa shape index (κ2) is 10.8. The Labute approximate surface area is 198 Å². The highest BCUT2D eigenvalue weighted by Crippen LogP contribution is 2.59. The molecule has 4 nitrogen and oxygen atoms in total. The van der Waals surface area contributed by atoms with Crippen LogP contribution in [0.15, 0.2) is 23.3 Å². The molecule has 0 amide bonds. The summed E-state index contributed by atoms with van der Waals surface area (Å²) in [5, 5.41) is 20.0. The first-order valence-electron chi connectivity index (χ1n) is 13.1. The van der Waals surface area contributed by atoms with Crippen LogP contribution in [0.25, 0.3) is 0 Å². The van der Waals surface area contributed by atoms with Crippen LogP contribution >= 0.6 is 0 Å². The molecule has 4 rings (SSSR count). The number of ether oxygens (including phenoxy) is 1. The van der Waals surface area contributed by atoms with Crippen molar-refractivity contribution in [1.82, 2.24) is 4.90 Å². The largest absolute Gasteiger partial charge is 0.393 e. The molecule has 4 fully saturated rings. The van der Waals surface area contributed by atoms with Crippen molar-refractivity contribution in [3.63, 3.8) is 0 Å². The summed E-state index contributed by atoms with van der Waals surface area (Å²) in [5.74, 6) is 1.95. The molecule has 3 saturated carbocycles. The maximum Gasteiger partial charge on any atom is 0.345 e. The van der Waals surface area contributed by atoms with Gasteiger partial charge in [-0.3, -0.25) is 0 Å². The van der Waals surface area contributed by atoms with Crippen LogP contribution in [0.4, 0.5) is 8.78 Å². The molecule has 0 spiro atoms. The number of allylic oxidation sites excluding steroid dienone is 3. The number of hydrogen-bond donors (Lipinski definition) is 2. The number of fused-ring (bicyclic) bond motifs is 1. The summed E-state index contributed by atoms with van der Waals surface area (Å²) in [7, 11) is 0. The van der Waals surface area contributed by atoms with E-state index >= 15 is 0 Å².